The van der Waals surface area contributed by atoms with E-state index < -0.39 is 5.91 Å². The summed E-state index contributed by atoms with van der Waals surface area (Å²) < 4.78 is 1.72. The van der Waals surface area contributed by atoms with Crippen LogP contribution in [0.2, 0.25) is 0 Å². The van der Waals surface area contributed by atoms with Crippen LogP contribution in [-0.2, 0) is 13.6 Å². The minimum absolute atomic E-state index is 0.122. The van der Waals surface area contributed by atoms with E-state index in [9.17, 15) is 9.90 Å². The van der Waals surface area contributed by atoms with E-state index in [2.05, 4.69) is 30.9 Å². The Balaban J connectivity index is 1.46. The average Bonchev–Trinajstić information content (AvgIpc) is 3.41. The zero-order chi connectivity index (χ0) is 19.5. The number of nitrogens with one attached hydrogen (secondary N) is 3. The fourth-order valence-electron chi connectivity index (χ4n) is 2.66. The molecule has 10 heteroatoms. The highest BCUT2D eigenvalue weighted by Crippen LogP contribution is 2.29. The minimum atomic E-state index is -0.437. The van der Waals surface area contributed by atoms with Gasteiger partial charge in [0.1, 0.15) is 16.5 Å². The number of nitrogens with zero attached hydrogens (tertiary/aromatic N) is 4. The second-order valence-electron chi connectivity index (χ2n) is 6.02. The number of carbonyl (C=O) groups is 1. The SMILES string of the molecule is Cn1ccc(CNc2ccc(C(=O)Nc3cn[nH]c3-c3nccs3)c(O)c2)n1. The second-order valence-corrected chi connectivity index (χ2v) is 6.91. The number of carbonyl (C=O) groups excluding carboxylic acids is 1. The van der Waals surface area contributed by atoms with Crippen molar-refractivity contribution in [3.8, 4) is 16.5 Å². The molecule has 0 aliphatic heterocycles. The molecule has 4 aromatic rings. The van der Waals surface area contributed by atoms with E-state index in [0.717, 1.165) is 5.69 Å². The van der Waals surface area contributed by atoms with E-state index in [4.69, 9.17) is 0 Å². The molecule has 142 valence electrons. The second kappa shape index (κ2) is 7.53. The third kappa shape index (κ3) is 3.71. The van der Waals surface area contributed by atoms with Gasteiger partial charge in [-0.1, -0.05) is 0 Å². The predicted octanol–water partition coefficient (Wildman–Crippen LogP) is 2.84. The van der Waals surface area contributed by atoms with Crippen LogP contribution < -0.4 is 10.6 Å². The van der Waals surface area contributed by atoms with Crippen LogP contribution in [0.1, 0.15) is 16.1 Å². The Morgan fingerprint density at radius 3 is 2.96 bits per heavy atom. The first-order valence-electron chi connectivity index (χ1n) is 8.40. The molecule has 0 saturated carbocycles. The van der Waals surface area contributed by atoms with E-state index in [1.807, 2.05) is 24.7 Å². The Kier molecular flexibility index (Phi) is 4.77. The maximum Gasteiger partial charge on any atom is 0.259 e. The molecule has 3 heterocycles. The molecule has 3 aromatic heterocycles. The van der Waals surface area contributed by atoms with E-state index in [0.29, 0.717) is 28.6 Å². The van der Waals surface area contributed by atoms with Crippen molar-refractivity contribution < 1.29 is 9.90 Å². The third-order valence-electron chi connectivity index (χ3n) is 4.02. The van der Waals surface area contributed by atoms with Crippen LogP contribution in [0.25, 0.3) is 10.7 Å². The molecule has 0 radical (unpaired) electrons. The Morgan fingerprint density at radius 2 is 2.25 bits per heavy atom. The summed E-state index contributed by atoms with van der Waals surface area (Å²) in [5.74, 6) is -0.559. The molecule has 4 N–H and O–H groups in total. The summed E-state index contributed by atoms with van der Waals surface area (Å²) in [6, 6.07) is 6.71. The Labute approximate surface area is 164 Å². The number of hydrogen-bond acceptors (Lipinski definition) is 7. The van der Waals surface area contributed by atoms with Crippen molar-refractivity contribution >= 4 is 28.6 Å². The summed E-state index contributed by atoms with van der Waals surface area (Å²) in [7, 11) is 1.85. The lowest BCUT2D eigenvalue weighted by Crippen LogP contribution is -2.12. The van der Waals surface area contributed by atoms with Gasteiger partial charge in [0.25, 0.3) is 5.91 Å². The maximum atomic E-state index is 12.6. The van der Waals surface area contributed by atoms with Gasteiger partial charge in [0.05, 0.1) is 29.7 Å². The molecule has 0 bridgehead atoms. The highest BCUT2D eigenvalue weighted by Gasteiger charge is 2.16. The Morgan fingerprint density at radius 1 is 1.36 bits per heavy atom. The summed E-state index contributed by atoms with van der Waals surface area (Å²) in [5.41, 5.74) is 2.84. The monoisotopic (exact) mass is 395 g/mol. The van der Waals surface area contributed by atoms with Crippen molar-refractivity contribution in [1.29, 1.82) is 0 Å². The first kappa shape index (κ1) is 17.7. The lowest BCUT2D eigenvalue weighted by atomic mass is 10.1. The van der Waals surface area contributed by atoms with Gasteiger partial charge in [-0.3, -0.25) is 14.6 Å². The molecule has 1 aromatic carbocycles. The number of amides is 1. The number of benzene rings is 1. The van der Waals surface area contributed by atoms with E-state index in [1.165, 1.54) is 23.6 Å². The molecule has 0 aliphatic carbocycles. The van der Waals surface area contributed by atoms with Crippen molar-refractivity contribution in [3.05, 3.63) is 59.5 Å². The van der Waals surface area contributed by atoms with Crippen molar-refractivity contribution in [2.24, 2.45) is 7.05 Å². The molecule has 0 spiro atoms. The fourth-order valence-corrected chi connectivity index (χ4v) is 3.31. The molecule has 0 fully saturated rings. The number of H-pyrrole nitrogens is 1. The van der Waals surface area contributed by atoms with Crippen LogP contribution in [0.15, 0.2) is 48.2 Å². The van der Waals surface area contributed by atoms with Gasteiger partial charge in [-0.2, -0.15) is 10.2 Å². The molecule has 0 atom stereocenters. The number of phenols is 1. The number of phenolic OH excluding ortho intramolecular Hbond substituents is 1. The van der Waals surface area contributed by atoms with Crippen LogP contribution in [-0.4, -0.2) is 36.0 Å². The van der Waals surface area contributed by atoms with Gasteiger partial charge >= 0.3 is 0 Å². The zero-order valence-corrected chi connectivity index (χ0v) is 15.7. The fraction of sp³-hybridized carbons (Fsp3) is 0.111. The first-order chi connectivity index (χ1) is 13.6. The maximum absolute atomic E-state index is 12.6. The third-order valence-corrected chi connectivity index (χ3v) is 4.81. The van der Waals surface area contributed by atoms with Crippen LogP contribution in [0.5, 0.6) is 5.75 Å². The average molecular weight is 395 g/mol. The van der Waals surface area contributed by atoms with Crippen molar-refractivity contribution in [3.63, 3.8) is 0 Å². The van der Waals surface area contributed by atoms with Gasteiger partial charge in [0.2, 0.25) is 0 Å². The van der Waals surface area contributed by atoms with Crippen LogP contribution in [0.3, 0.4) is 0 Å². The van der Waals surface area contributed by atoms with Gasteiger partial charge in [0, 0.05) is 36.6 Å². The van der Waals surface area contributed by atoms with Gasteiger partial charge in [-0.25, -0.2) is 4.98 Å². The number of aromatic amines is 1. The quantitative estimate of drug-likeness (QED) is 0.398. The summed E-state index contributed by atoms with van der Waals surface area (Å²) >= 11 is 1.43. The Hall–Kier alpha value is -3.66. The van der Waals surface area contributed by atoms with Crippen molar-refractivity contribution in [1.82, 2.24) is 25.0 Å². The molecule has 0 unspecified atom stereocenters. The van der Waals surface area contributed by atoms with Gasteiger partial charge in [-0.15, -0.1) is 11.3 Å². The number of aromatic nitrogens is 5. The highest BCUT2D eigenvalue weighted by molar-refractivity contribution is 7.13. The van der Waals surface area contributed by atoms with Gasteiger partial charge < -0.3 is 15.7 Å². The lowest BCUT2D eigenvalue weighted by molar-refractivity contribution is 0.102. The molecule has 9 nitrogen and oxygen atoms in total. The molecule has 0 aliphatic rings. The molecule has 1 amide bonds. The van der Waals surface area contributed by atoms with Crippen molar-refractivity contribution in [2.45, 2.75) is 6.54 Å². The predicted molar refractivity (Wildman–Crippen MR) is 106 cm³/mol. The highest BCUT2D eigenvalue weighted by atomic mass is 32.1. The van der Waals surface area contributed by atoms with E-state index in [1.54, 1.807) is 23.0 Å². The molecule has 4 rings (SSSR count). The normalized spacial score (nSPS) is 10.8. The largest absolute Gasteiger partial charge is 0.507 e. The number of rotatable bonds is 6. The number of hydrogen-bond donors (Lipinski definition) is 4. The van der Waals surface area contributed by atoms with Crippen LogP contribution >= 0.6 is 11.3 Å². The van der Waals surface area contributed by atoms with Gasteiger partial charge in [-0.05, 0) is 18.2 Å². The molecule has 0 saturated heterocycles. The summed E-state index contributed by atoms with van der Waals surface area (Å²) in [4.78, 5) is 16.8. The molecular formula is C18H17N7O2S. The van der Waals surface area contributed by atoms with Gasteiger partial charge in [0.15, 0.2) is 0 Å². The topological polar surface area (TPSA) is 121 Å². The Bertz CT molecular complexity index is 1100. The molecule has 28 heavy (non-hydrogen) atoms. The summed E-state index contributed by atoms with van der Waals surface area (Å²) in [5, 5.41) is 29.8. The zero-order valence-electron chi connectivity index (χ0n) is 14.9. The summed E-state index contributed by atoms with van der Waals surface area (Å²) in [6.45, 7) is 0.512. The lowest BCUT2D eigenvalue weighted by Gasteiger charge is -2.09. The number of aromatic hydroxyl groups is 1. The number of thiazole rings is 1. The van der Waals surface area contributed by atoms with Crippen LogP contribution in [0, 0.1) is 0 Å². The number of aryl methyl sites for hydroxylation is 1. The van der Waals surface area contributed by atoms with Crippen LogP contribution in [0.4, 0.5) is 11.4 Å². The van der Waals surface area contributed by atoms with E-state index >= 15 is 0 Å². The molecular weight excluding hydrogens is 378 g/mol. The first-order valence-corrected chi connectivity index (χ1v) is 9.28. The number of anilines is 2. The standard InChI is InChI=1S/C18H17N7O2S/c1-25-6-4-12(24-25)9-20-11-2-3-13(15(26)8-11)17(27)22-14-10-21-23-16(14)18-19-5-7-28-18/h2-8,10,20,26H,9H2,1H3,(H,21,23)(H,22,27). The summed E-state index contributed by atoms with van der Waals surface area (Å²) in [6.07, 6.45) is 5.04. The van der Waals surface area contributed by atoms with Crippen molar-refractivity contribution in [2.75, 3.05) is 10.6 Å². The van der Waals surface area contributed by atoms with E-state index in [-0.39, 0.29) is 11.3 Å². The smallest absolute Gasteiger partial charge is 0.259 e. The minimum Gasteiger partial charge on any atom is -0.507 e.